The molecule has 0 saturated carbocycles. The number of pyridine rings is 2. The molecule has 0 saturated heterocycles. The number of halogens is 3. The molecule has 5 aromatic rings. The fourth-order valence-electron chi connectivity index (χ4n) is 5.13. The molecule has 240 valence electrons. The molecule has 0 aliphatic heterocycles. The van der Waals surface area contributed by atoms with Gasteiger partial charge in [-0.05, 0) is 63.1 Å². The fraction of sp³-hybridized carbons (Fsp3) is 0.250. The molecule has 0 unspecified atom stereocenters. The summed E-state index contributed by atoms with van der Waals surface area (Å²) in [4.78, 5) is 22.1. The molecule has 46 heavy (non-hydrogen) atoms. The second-order valence-corrected chi connectivity index (χ2v) is 13.9. The van der Waals surface area contributed by atoms with Crippen molar-refractivity contribution in [2.45, 2.75) is 38.8 Å². The van der Waals surface area contributed by atoms with Crippen molar-refractivity contribution < 1.29 is 26.7 Å². The van der Waals surface area contributed by atoms with Crippen LogP contribution in [0.15, 0.2) is 67.1 Å². The third kappa shape index (κ3) is 7.60. The maximum Gasteiger partial charge on any atom is 0.408 e. The first-order valence-electron chi connectivity index (χ1n) is 14.1. The number of benzene rings is 2. The second-order valence-electron chi connectivity index (χ2n) is 11.7. The Bertz CT molecular complexity index is 2030. The van der Waals surface area contributed by atoms with Gasteiger partial charge in [-0.15, -0.1) is 0 Å². The second kappa shape index (κ2) is 12.6. The average Bonchev–Trinajstić information content (AvgIpc) is 3.26. The third-order valence-electron chi connectivity index (χ3n) is 6.81. The molecule has 1 amide bonds. The predicted octanol–water partition coefficient (Wildman–Crippen LogP) is 6.81. The molecule has 5 rings (SSSR count). The summed E-state index contributed by atoms with van der Waals surface area (Å²) in [5.41, 5.74) is 2.73. The summed E-state index contributed by atoms with van der Waals surface area (Å²) in [6.07, 6.45) is 5.11. The molecule has 0 aliphatic rings. The predicted molar refractivity (Wildman–Crippen MR) is 173 cm³/mol. The van der Waals surface area contributed by atoms with E-state index in [1.165, 1.54) is 16.8 Å². The first-order chi connectivity index (χ1) is 21.6. The third-order valence-corrected chi connectivity index (χ3v) is 7.69. The Kier molecular flexibility index (Phi) is 9.00. The molecule has 0 radical (unpaired) electrons. The van der Waals surface area contributed by atoms with E-state index in [2.05, 4.69) is 20.1 Å². The zero-order valence-electron chi connectivity index (χ0n) is 25.6. The van der Waals surface area contributed by atoms with E-state index < -0.39 is 39.4 Å². The minimum absolute atomic E-state index is 0.0310. The van der Waals surface area contributed by atoms with Crippen LogP contribution in [0.3, 0.4) is 0 Å². The molecule has 2 N–H and O–H groups in total. The number of hydrogen-bond donors (Lipinski definition) is 2. The van der Waals surface area contributed by atoms with E-state index >= 15 is 0 Å². The van der Waals surface area contributed by atoms with Gasteiger partial charge in [0.2, 0.25) is 10.0 Å². The minimum atomic E-state index is -3.71. The van der Waals surface area contributed by atoms with Gasteiger partial charge < -0.3 is 10.1 Å². The minimum Gasteiger partial charge on any atom is -0.444 e. The Morgan fingerprint density at radius 1 is 1.04 bits per heavy atom. The maximum absolute atomic E-state index is 14.3. The van der Waals surface area contributed by atoms with E-state index in [0.29, 0.717) is 33.3 Å². The number of carbonyl (C=O) groups excluding carboxylic acids is 1. The smallest absolute Gasteiger partial charge is 0.408 e. The zero-order chi connectivity index (χ0) is 33.4. The molecule has 0 fully saturated rings. The summed E-state index contributed by atoms with van der Waals surface area (Å²) in [7, 11) is -2.07. The van der Waals surface area contributed by atoms with Crippen LogP contribution in [0.4, 0.5) is 19.4 Å². The van der Waals surface area contributed by atoms with Gasteiger partial charge >= 0.3 is 6.09 Å². The van der Waals surface area contributed by atoms with Crippen LogP contribution in [0.1, 0.15) is 38.1 Å². The molecule has 10 nitrogen and oxygen atoms in total. The number of amides is 1. The maximum atomic E-state index is 14.3. The van der Waals surface area contributed by atoms with Gasteiger partial charge in [0, 0.05) is 54.0 Å². The number of nitrogens with zero attached hydrogens (tertiary/aromatic N) is 4. The van der Waals surface area contributed by atoms with E-state index in [4.69, 9.17) is 21.3 Å². The number of nitrogens with one attached hydrogen (secondary N) is 2. The van der Waals surface area contributed by atoms with Gasteiger partial charge in [-0.25, -0.2) is 22.0 Å². The molecule has 3 heterocycles. The van der Waals surface area contributed by atoms with Crippen molar-refractivity contribution in [2.75, 3.05) is 11.0 Å². The van der Waals surface area contributed by atoms with Gasteiger partial charge in [0.05, 0.1) is 33.9 Å². The van der Waals surface area contributed by atoms with Crippen LogP contribution in [0.5, 0.6) is 0 Å². The van der Waals surface area contributed by atoms with Crippen molar-refractivity contribution in [3.05, 3.63) is 95.0 Å². The summed E-state index contributed by atoms with van der Waals surface area (Å²) in [6.45, 7) is 5.14. The van der Waals surface area contributed by atoms with Crippen LogP contribution < -0.4 is 10.0 Å². The van der Waals surface area contributed by atoms with Crippen LogP contribution in [-0.2, 0) is 28.2 Å². The number of fused-ring (bicyclic) bond motifs is 1. The monoisotopic (exact) mass is 668 g/mol. The Morgan fingerprint density at radius 2 is 1.76 bits per heavy atom. The highest BCUT2D eigenvalue weighted by molar-refractivity contribution is 7.92. The van der Waals surface area contributed by atoms with Crippen molar-refractivity contribution in [3.8, 4) is 22.3 Å². The van der Waals surface area contributed by atoms with E-state index in [0.717, 1.165) is 17.9 Å². The van der Waals surface area contributed by atoms with Gasteiger partial charge in [-0.2, -0.15) is 5.10 Å². The lowest BCUT2D eigenvalue weighted by atomic mass is 9.92. The molecule has 1 atom stereocenters. The van der Waals surface area contributed by atoms with E-state index in [1.807, 2.05) is 12.1 Å². The number of aromatic nitrogens is 4. The number of rotatable bonds is 8. The molecular formula is C32H31ClF2N6O4S. The molecule has 3 aromatic heterocycles. The highest BCUT2D eigenvalue weighted by atomic mass is 35.5. The van der Waals surface area contributed by atoms with Gasteiger partial charge in [0.25, 0.3) is 0 Å². The number of anilines is 1. The lowest BCUT2D eigenvalue weighted by Gasteiger charge is -2.25. The van der Waals surface area contributed by atoms with Crippen LogP contribution in [-0.4, -0.2) is 46.1 Å². The number of ether oxygens (including phenoxy) is 1. The number of sulfonamides is 1. The van der Waals surface area contributed by atoms with Crippen LogP contribution in [0.25, 0.3) is 33.2 Å². The van der Waals surface area contributed by atoms with Gasteiger partial charge in [0.15, 0.2) is 5.82 Å². The molecule has 0 bridgehead atoms. The average molecular weight is 669 g/mol. The Labute approximate surface area is 269 Å². The summed E-state index contributed by atoms with van der Waals surface area (Å²) < 4.78 is 62.3. The highest BCUT2D eigenvalue weighted by Crippen LogP contribution is 2.41. The van der Waals surface area contributed by atoms with Crippen molar-refractivity contribution in [3.63, 3.8) is 0 Å². The van der Waals surface area contributed by atoms with Crippen LogP contribution in [0.2, 0.25) is 5.02 Å². The van der Waals surface area contributed by atoms with Crippen LogP contribution >= 0.6 is 11.6 Å². The van der Waals surface area contributed by atoms with E-state index in [1.54, 1.807) is 64.6 Å². The quantitative estimate of drug-likeness (QED) is 0.186. The zero-order valence-corrected chi connectivity index (χ0v) is 27.2. The fourth-order valence-corrected chi connectivity index (χ4v) is 5.87. The van der Waals surface area contributed by atoms with Crippen molar-refractivity contribution >= 4 is 44.4 Å². The van der Waals surface area contributed by atoms with Crippen molar-refractivity contribution in [1.82, 2.24) is 25.1 Å². The van der Waals surface area contributed by atoms with Crippen molar-refractivity contribution in [2.24, 2.45) is 7.05 Å². The summed E-state index contributed by atoms with van der Waals surface area (Å²) in [6, 6.07) is 11.0. The molecule has 14 heteroatoms. The largest absolute Gasteiger partial charge is 0.444 e. The Morgan fingerprint density at radius 3 is 2.39 bits per heavy atom. The molecule has 0 aliphatic carbocycles. The number of carbonyl (C=O) groups is 1. The molecule has 2 aromatic carbocycles. The van der Waals surface area contributed by atoms with Gasteiger partial charge in [-0.1, -0.05) is 23.7 Å². The lowest BCUT2D eigenvalue weighted by molar-refractivity contribution is 0.0502. The normalized spacial score (nSPS) is 12.6. The standard InChI is InChI=1S/C32H31ClF2N6O4S/c1-32(2,3)45-31(42)38-26(13-18-11-21(34)15-22(35)12-18)28-24(14-20(17-37-28)19-7-6-10-36-16-19)23-8-9-25(33)27-29(23)41(4)39-30(27)40-46(5,43)44/h6-12,14-17,26H,13H2,1-5H3,(H,38,42)(H,39,40)/t26-/m0/s1. The van der Waals surface area contributed by atoms with E-state index in [9.17, 15) is 22.0 Å². The summed E-state index contributed by atoms with van der Waals surface area (Å²) in [5, 5.41) is 7.81. The Hall–Kier alpha value is -4.62. The lowest BCUT2D eigenvalue weighted by Crippen LogP contribution is -2.36. The topological polar surface area (TPSA) is 128 Å². The summed E-state index contributed by atoms with van der Waals surface area (Å²) >= 11 is 6.60. The SMILES string of the molecule is Cn1nc(NS(C)(=O)=O)c2c(Cl)ccc(-c3cc(-c4cccnc4)cnc3[C@H](Cc3cc(F)cc(F)c3)NC(=O)OC(C)(C)C)c21. The number of alkyl carbamates (subject to hydrolysis) is 1. The number of hydrogen-bond acceptors (Lipinski definition) is 7. The van der Waals surface area contributed by atoms with E-state index in [-0.39, 0.29) is 22.8 Å². The first kappa shape index (κ1) is 32.8. The molecule has 0 spiro atoms. The highest BCUT2D eigenvalue weighted by Gasteiger charge is 2.27. The molecular weight excluding hydrogens is 638 g/mol. The number of aryl methyl sites for hydroxylation is 1. The van der Waals surface area contributed by atoms with Gasteiger partial charge in [-0.3, -0.25) is 19.4 Å². The summed E-state index contributed by atoms with van der Waals surface area (Å²) in [5.74, 6) is -1.51. The van der Waals surface area contributed by atoms with Gasteiger partial charge in [0.1, 0.15) is 17.2 Å². The van der Waals surface area contributed by atoms with Crippen molar-refractivity contribution in [1.29, 1.82) is 0 Å². The Balaban J connectivity index is 1.77. The van der Waals surface area contributed by atoms with Crippen LogP contribution in [0, 0.1) is 11.6 Å². The first-order valence-corrected chi connectivity index (χ1v) is 16.3.